The molecule has 0 aliphatic carbocycles. The maximum Gasteiger partial charge on any atom is 0.429 e. The number of hydrogen-bond acceptors (Lipinski definition) is 7. The Morgan fingerprint density at radius 1 is 1.08 bits per heavy atom. The van der Waals surface area contributed by atoms with Crippen LogP contribution in [0.15, 0.2) is 66.9 Å². The second-order valence-corrected chi connectivity index (χ2v) is 8.27. The van der Waals surface area contributed by atoms with E-state index in [2.05, 4.69) is 15.1 Å². The monoisotopic (exact) mass is 512 g/mol. The third-order valence-electron chi connectivity index (χ3n) is 5.58. The number of benzene rings is 2. The Hall–Kier alpha value is -4.45. The fraction of sp³-hybridized carbons (Fsp3) is 0.200. The molecule has 9 nitrogen and oxygen atoms in total. The van der Waals surface area contributed by atoms with E-state index in [1.807, 2.05) is 0 Å². The molecule has 5 N–H and O–H groups in total. The van der Waals surface area contributed by atoms with Crippen LogP contribution in [-0.2, 0) is 18.3 Å². The van der Waals surface area contributed by atoms with Crippen molar-refractivity contribution in [3.8, 4) is 28.4 Å². The van der Waals surface area contributed by atoms with E-state index in [-0.39, 0.29) is 35.2 Å². The van der Waals surface area contributed by atoms with E-state index >= 15 is 0 Å². The van der Waals surface area contributed by atoms with Crippen LogP contribution in [0.2, 0.25) is 0 Å². The lowest BCUT2D eigenvalue weighted by Gasteiger charge is -2.22. The number of aliphatic carboxylic acids is 1. The summed E-state index contributed by atoms with van der Waals surface area (Å²) in [6, 6.07) is 15.3. The highest BCUT2D eigenvalue weighted by atomic mass is 19.4. The van der Waals surface area contributed by atoms with Gasteiger partial charge in [-0.1, -0.05) is 54.6 Å². The number of carbonyl (C=O) groups is 1. The Balaban J connectivity index is 1.66. The first kappa shape index (κ1) is 25.6. The second kappa shape index (κ2) is 10.3. The van der Waals surface area contributed by atoms with E-state index < -0.39 is 24.3 Å². The minimum atomic E-state index is -4.79. The number of aryl methyl sites for hydroxylation is 1. The third-order valence-corrected chi connectivity index (χ3v) is 5.58. The summed E-state index contributed by atoms with van der Waals surface area (Å²) >= 11 is 0. The van der Waals surface area contributed by atoms with E-state index in [0.717, 1.165) is 6.20 Å². The normalized spacial score (nSPS) is 13.2. The number of hydrogen-bond donors (Lipinski definition) is 3. The maximum absolute atomic E-state index is 14.2. The summed E-state index contributed by atoms with van der Waals surface area (Å²) in [6.07, 6.45) is -5.94. The number of carboxylic acid groups (broad SMARTS) is 1. The smallest absolute Gasteiger partial charge is 0.429 e. The summed E-state index contributed by atoms with van der Waals surface area (Å²) < 4.78 is 49.5. The van der Waals surface area contributed by atoms with Crippen LogP contribution in [-0.4, -0.2) is 43.0 Å². The van der Waals surface area contributed by atoms with Crippen LogP contribution in [0.1, 0.15) is 17.2 Å². The zero-order chi connectivity index (χ0) is 26.7. The second-order valence-electron chi connectivity index (χ2n) is 8.27. The zero-order valence-corrected chi connectivity index (χ0v) is 19.6. The van der Waals surface area contributed by atoms with Crippen LogP contribution in [0, 0.1) is 0 Å². The van der Waals surface area contributed by atoms with Gasteiger partial charge >= 0.3 is 12.1 Å². The lowest BCUT2D eigenvalue weighted by Crippen LogP contribution is -2.32. The number of nitrogens with zero attached hydrogens (tertiary/aromatic N) is 4. The van der Waals surface area contributed by atoms with Gasteiger partial charge in [0.25, 0.3) is 0 Å². The van der Waals surface area contributed by atoms with Gasteiger partial charge in [-0.05, 0) is 12.0 Å². The summed E-state index contributed by atoms with van der Waals surface area (Å²) in [5, 5.41) is 13.0. The average Bonchev–Trinajstić information content (AvgIpc) is 3.23. The molecule has 0 aliphatic rings. The van der Waals surface area contributed by atoms with Gasteiger partial charge in [0.15, 0.2) is 0 Å². The molecule has 2 heterocycles. The summed E-state index contributed by atoms with van der Waals surface area (Å²) in [5.74, 6) is -1.78. The van der Waals surface area contributed by atoms with Gasteiger partial charge in [0.1, 0.15) is 6.04 Å². The molecule has 0 amide bonds. The van der Waals surface area contributed by atoms with Crippen molar-refractivity contribution in [2.45, 2.75) is 24.7 Å². The Morgan fingerprint density at radius 3 is 2.38 bits per heavy atom. The highest BCUT2D eigenvalue weighted by Gasteiger charge is 2.45. The molecule has 0 saturated heterocycles. The van der Waals surface area contributed by atoms with E-state index in [1.54, 1.807) is 61.6 Å². The molecule has 2 aromatic heterocycles. The van der Waals surface area contributed by atoms with Gasteiger partial charge in [0, 0.05) is 29.8 Å². The Morgan fingerprint density at radius 2 is 1.76 bits per heavy atom. The minimum absolute atomic E-state index is 0.109. The molecule has 12 heteroatoms. The number of ether oxygens (including phenoxy) is 1. The van der Waals surface area contributed by atoms with Gasteiger partial charge in [0.2, 0.25) is 17.9 Å². The maximum atomic E-state index is 14.2. The molecule has 192 valence electrons. The van der Waals surface area contributed by atoms with Crippen molar-refractivity contribution >= 4 is 11.9 Å². The van der Waals surface area contributed by atoms with Crippen molar-refractivity contribution in [2.75, 3.05) is 5.73 Å². The molecule has 4 aromatic rings. The molecule has 0 saturated carbocycles. The molecular formula is C25H23F3N6O3. The van der Waals surface area contributed by atoms with Gasteiger partial charge in [0.05, 0.1) is 17.6 Å². The molecule has 0 fully saturated rings. The van der Waals surface area contributed by atoms with Crippen molar-refractivity contribution in [3.05, 3.63) is 78.0 Å². The van der Waals surface area contributed by atoms with Crippen LogP contribution in [0.3, 0.4) is 0 Å². The van der Waals surface area contributed by atoms with Gasteiger partial charge in [-0.2, -0.15) is 23.3 Å². The summed E-state index contributed by atoms with van der Waals surface area (Å²) in [7, 11) is 1.55. The largest absolute Gasteiger partial charge is 0.480 e. The zero-order valence-electron chi connectivity index (χ0n) is 19.6. The van der Waals surface area contributed by atoms with Crippen LogP contribution in [0.25, 0.3) is 22.5 Å². The average molecular weight is 512 g/mol. The summed E-state index contributed by atoms with van der Waals surface area (Å²) in [5.41, 5.74) is 13.4. The van der Waals surface area contributed by atoms with E-state index in [0.29, 0.717) is 16.7 Å². The topological polar surface area (TPSA) is 142 Å². The number of rotatable bonds is 8. The van der Waals surface area contributed by atoms with Crippen molar-refractivity contribution < 1.29 is 27.8 Å². The number of alkyl halides is 3. The number of nitrogens with two attached hydrogens (primary N) is 2. The molecule has 37 heavy (non-hydrogen) atoms. The van der Waals surface area contributed by atoms with Gasteiger partial charge in [-0.15, -0.1) is 0 Å². The molecule has 2 unspecified atom stereocenters. The number of halogens is 3. The predicted octanol–water partition coefficient (Wildman–Crippen LogP) is 3.76. The van der Waals surface area contributed by atoms with E-state index in [1.165, 1.54) is 10.7 Å². The minimum Gasteiger partial charge on any atom is -0.480 e. The molecular weight excluding hydrogens is 489 g/mol. The standard InChI is InChI=1S/C25H23F3N6O3/c1-34-21(16-5-3-2-4-6-16)17(13-31-34)22(25(26,27)28)37-20-12-19(32-24(30)33-20)15-9-7-14(8-10-15)11-18(29)23(35)36/h2-10,12-13,18,22H,11,29H2,1H3,(H,35,36)(H2,30,32,33). The SMILES string of the molecule is Cn1ncc(C(Oc2cc(-c3ccc(CC(N)C(=O)O)cc3)nc(N)n2)C(F)(F)F)c1-c1ccccc1. The molecule has 0 aliphatic heterocycles. The quantitative estimate of drug-likeness (QED) is 0.324. The highest BCUT2D eigenvalue weighted by molar-refractivity contribution is 5.73. The van der Waals surface area contributed by atoms with Crippen molar-refractivity contribution in [3.63, 3.8) is 0 Å². The molecule has 0 radical (unpaired) electrons. The van der Waals surface area contributed by atoms with Crippen LogP contribution >= 0.6 is 0 Å². The number of carboxylic acids is 1. The van der Waals surface area contributed by atoms with Crippen LogP contribution in [0.5, 0.6) is 5.88 Å². The first-order chi connectivity index (χ1) is 17.5. The lowest BCUT2D eigenvalue weighted by atomic mass is 10.0. The van der Waals surface area contributed by atoms with Gasteiger partial charge in [-0.25, -0.2) is 4.98 Å². The van der Waals surface area contributed by atoms with Gasteiger partial charge < -0.3 is 21.3 Å². The summed E-state index contributed by atoms with van der Waals surface area (Å²) in [4.78, 5) is 18.9. The van der Waals surface area contributed by atoms with Gasteiger partial charge in [-0.3, -0.25) is 9.48 Å². The Bertz CT molecular complexity index is 1390. The van der Waals surface area contributed by atoms with Crippen molar-refractivity contribution in [1.82, 2.24) is 19.7 Å². The Labute approximate surface area is 209 Å². The highest BCUT2D eigenvalue weighted by Crippen LogP contribution is 2.41. The first-order valence-corrected chi connectivity index (χ1v) is 11.1. The van der Waals surface area contributed by atoms with Crippen molar-refractivity contribution in [2.24, 2.45) is 12.8 Å². The number of aromatic nitrogens is 4. The predicted molar refractivity (Wildman–Crippen MR) is 129 cm³/mol. The van der Waals surface area contributed by atoms with Crippen LogP contribution < -0.4 is 16.2 Å². The van der Waals surface area contributed by atoms with E-state index in [4.69, 9.17) is 21.3 Å². The summed E-state index contributed by atoms with van der Waals surface area (Å²) in [6.45, 7) is 0. The fourth-order valence-electron chi connectivity index (χ4n) is 3.83. The molecule has 2 atom stereocenters. The van der Waals surface area contributed by atoms with Crippen LogP contribution in [0.4, 0.5) is 19.1 Å². The fourth-order valence-corrected chi connectivity index (χ4v) is 3.83. The Kier molecular flexibility index (Phi) is 7.11. The third kappa shape index (κ3) is 5.86. The molecule has 0 bridgehead atoms. The number of anilines is 1. The first-order valence-electron chi connectivity index (χ1n) is 11.1. The molecule has 0 spiro atoms. The molecule has 4 rings (SSSR count). The number of nitrogen functional groups attached to an aromatic ring is 1. The lowest BCUT2D eigenvalue weighted by molar-refractivity contribution is -0.198. The molecule has 2 aromatic carbocycles. The van der Waals surface area contributed by atoms with Crippen molar-refractivity contribution in [1.29, 1.82) is 0 Å². The van der Waals surface area contributed by atoms with E-state index in [9.17, 15) is 18.0 Å².